The van der Waals surface area contributed by atoms with Crippen molar-refractivity contribution in [2.75, 3.05) is 19.6 Å². The van der Waals surface area contributed by atoms with Gasteiger partial charge in [-0.25, -0.2) is 21.6 Å². The van der Waals surface area contributed by atoms with Gasteiger partial charge in [-0.05, 0) is 37.0 Å². The molecule has 0 radical (unpaired) electrons. The Morgan fingerprint density at radius 2 is 2.00 bits per heavy atom. The fourth-order valence-electron chi connectivity index (χ4n) is 2.53. The predicted octanol–water partition coefficient (Wildman–Crippen LogP) is 2.46. The molecule has 0 spiro atoms. The standard InChI is InChI=1S/C14H18Cl2N2O4S2/c1-2-23(19,20)17-9-11-4-3-7-18(10-11)24(21,22)14-6-5-12(15)8-13(14)16/h2,5-6,8,11,17H,1,3-4,7,9-10H2. The third-order valence-corrected chi connectivity index (χ3v) is 7.38. The Morgan fingerprint density at radius 1 is 1.29 bits per heavy atom. The first kappa shape index (κ1) is 19.7. The van der Waals surface area contributed by atoms with Crippen LogP contribution in [-0.4, -0.2) is 40.8 Å². The van der Waals surface area contributed by atoms with Crippen molar-refractivity contribution in [3.63, 3.8) is 0 Å². The summed E-state index contributed by atoms with van der Waals surface area (Å²) in [5.41, 5.74) is 0. The van der Waals surface area contributed by atoms with Gasteiger partial charge in [0.05, 0.1) is 5.02 Å². The molecular formula is C14H18Cl2N2O4S2. The van der Waals surface area contributed by atoms with Crippen LogP contribution in [0, 0.1) is 5.92 Å². The van der Waals surface area contributed by atoms with Gasteiger partial charge in [0.1, 0.15) is 4.90 Å². The van der Waals surface area contributed by atoms with Crippen LogP contribution in [0.1, 0.15) is 12.8 Å². The molecule has 1 heterocycles. The van der Waals surface area contributed by atoms with Gasteiger partial charge in [0.2, 0.25) is 20.0 Å². The second kappa shape index (κ2) is 7.72. The SMILES string of the molecule is C=CS(=O)(=O)NCC1CCCN(S(=O)(=O)c2ccc(Cl)cc2Cl)C1. The molecule has 1 aliphatic rings. The summed E-state index contributed by atoms with van der Waals surface area (Å²) in [6, 6.07) is 4.24. The van der Waals surface area contributed by atoms with Gasteiger partial charge in [-0.2, -0.15) is 4.31 Å². The number of rotatable bonds is 6. The maximum absolute atomic E-state index is 12.8. The van der Waals surface area contributed by atoms with E-state index >= 15 is 0 Å². The quantitative estimate of drug-likeness (QED) is 0.777. The zero-order chi connectivity index (χ0) is 18.0. The van der Waals surface area contributed by atoms with Crippen LogP contribution in [0.2, 0.25) is 10.0 Å². The van der Waals surface area contributed by atoms with E-state index in [2.05, 4.69) is 11.3 Å². The number of benzene rings is 1. The molecule has 24 heavy (non-hydrogen) atoms. The van der Waals surface area contributed by atoms with Crippen LogP contribution < -0.4 is 4.72 Å². The Bertz CT molecular complexity index is 825. The molecule has 2 rings (SSSR count). The van der Waals surface area contributed by atoms with Crippen molar-refractivity contribution in [3.05, 3.63) is 40.2 Å². The molecule has 6 nitrogen and oxygen atoms in total. The Hall–Kier alpha value is -0.640. The van der Waals surface area contributed by atoms with Crippen LogP contribution in [-0.2, 0) is 20.0 Å². The van der Waals surface area contributed by atoms with Crippen molar-refractivity contribution in [2.45, 2.75) is 17.7 Å². The minimum Gasteiger partial charge on any atom is -0.211 e. The molecule has 1 aromatic carbocycles. The van der Waals surface area contributed by atoms with Crippen LogP contribution >= 0.6 is 23.2 Å². The molecule has 0 saturated carbocycles. The molecule has 1 saturated heterocycles. The molecule has 10 heteroatoms. The molecule has 0 amide bonds. The van der Waals surface area contributed by atoms with E-state index in [4.69, 9.17) is 23.2 Å². The molecule has 134 valence electrons. The van der Waals surface area contributed by atoms with Crippen LogP contribution in [0.3, 0.4) is 0 Å². The van der Waals surface area contributed by atoms with E-state index in [0.717, 1.165) is 11.8 Å². The lowest BCUT2D eigenvalue weighted by molar-refractivity contribution is 0.267. The van der Waals surface area contributed by atoms with Crippen molar-refractivity contribution >= 4 is 43.2 Å². The van der Waals surface area contributed by atoms with Gasteiger partial charge >= 0.3 is 0 Å². The second-order valence-corrected chi connectivity index (χ2v) is 9.97. The summed E-state index contributed by atoms with van der Waals surface area (Å²) in [5, 5.41) is 1.25. The summed E-state index contributed by atoms with van der Waals surface area (Å²) in [5.74, 6) is -0.116. The van der Waals surface area contributed by atoms with Crippen LogP contribution in [0.5, 0.6) is 0 Å². The van der Waals surface area contributed by atoms with Gasteiger partial charge < -0.3 is 0 Å². The average molecular weight is 413 g/mol. The fourth-order valence-corrected chi connectivity index (χ4v) is 5.42. The van der Waals surface area contributed by atoms with Gasteiger partial charge in [-0.3, -0.25) is 0 Å². The molecule has 0 aliphatic carbocycles. The van der Waals surface area contributed by atoms with E-state index in [1.807, 2.05) is 0 Å². The number of nitrogens with one attached hydrogen (secondary N) is 1. The van der Waals surface area contributed by atoms with Gasteiger partial charge in [0.15, 0.2) is 0 Å². The van der Waals surface area contributed by atoms with Gasteiger partial charge in [0.25, 0.3) is 0 Å². The first-order chi connectivity index (χ1) is 11.2. The van der Waals surface area contributed by atoms with E-state index in [1.165, 1.54) is 22.5 Å². The molecule has 1 N–H and O–H groups in total. The highest BCUT2D eigenvalue weighted by molar-refractivity contribution is 7.92. The molecule has 1 fully saturated rings. The Kier molecular flexibility index (Phi) is 6.33. The molecule has 0 aromatic heterocycles. The number of nitrogens with zero attached hydrogens (tertiary/aromatic N) is 1. The summed E-state index contributed by atoms with van der Waals surface area (Å²) in [4.78, 5) is 0.000823. The average Bonchev–Trinajstić information content (AvgIpc) is 2.53. The highest BCUT2D eigenvalue weighted by atomic mass is 35.5. The topological polar surface area (TPSA) is 83.6 Å². The third-order valence-electron chi connectivity index (χ3n) is 3.79. The highest BCUT2D eigenvalue weighted by Crippen LogP contribution is 2.30. The normalized spacial score (nSPS) is 20.0. The molecule has 1 unspecified atom stereocenters. The van der Waals surface area contributed by atoms with Crippen LogP contribution in [0.4, 0.5) is 0 Å². The van der Waals surface area contributed by atoms with E-state index in [1.54, 1.807) is 0 Å². The lowest BCUT2D eigenvalue weighted by Crippen LogP contribution is -2.43. The minimum absolute atomic E-state index is 0.000823. The predicted molar refractivity (Wildman–Crippen MR) is 95.1 cm³/mol. The van der Waals surface area contributed by atoms with Crippen molar-refractivity contribution in [1.82, 2.24) is 9.03 Å². The monoisotopic (exact) mass is 412 g/mol. The van der Waals surface area contributed by atoms with Gasteiger partial charge in [0, 0.05) is 30.1 Å². The first-order valence-electron chi connectivity index (χ1n) is 7.23. The Morgan fingerprint density at radius 3 is 2.62 bits per heavy atom. The van der Waals surface area contributed by atoms with Gasteiger partial charge in [-0.1, -0.05) is 29.8 Å². The molecular weight excluding hydrogens is 395 g/mol. The van der Waals surface area contributed by atoms with E-state index in [9.17, 15) is 16.8 Å². The minimum atomic E-state index is -3.76. The maximum Gasteiger partial charge on any atom is 0.244 e. The number of sulfonamides is 2. The second-order valence-electron chi connectivity index (χ2n) is 5.51. The van der Waals surface area contributed by atoms with Crippen molar-refractivity contribution in [2.24, 2.45) is 5.92 Å². The number of hydrogen-bond acceptors (Lipinski definition) is 4. The summed E-state index contributed by atoms with van der Waals surface area (Å²) in [6.07, 6.45) is 1.38. The Balaban J connectivity index is 2.14. The summed E-state index contributed by atoms with van der Waals surface area (Å²) < 4.78 is 52.1. The Labute approximate surface area is 152 Å². The van der Waals surface area contributed by atoms with E-state index < -0.39 is 20.0 Å². The largest absolute Gasteiger partial charge is 0.244 e. The van der Waals surface area contributed by atoms with Gasteiger partial charge in [-0.15, -0.1) is 0 Å². The highest BCUT2D eigenvalue weighted by Gasteiger charge is 2.31. The molecule has 1 aliphatic heterocycles. The van der Waals surface area contributed by atoms with Crippen LogP contribution in [0.25, 0.3) is 0 Å². The molecule has 1 atom stereocenters. The maximum atomic E-state index is 12.8. The summed E-state index contributed by atoms with van der Waals surface area (Å²) >= 11 is 11.8. The number of halogens is 2. The summed E-state index contributed by atoms with van der Waals surface area (Å²) in [6.45, 7) is 3.98. The lowest BCUT2D eigenvalue weighted by Gasteiger charge is -2.32. The van der Waals surface area contributed by atoms with Crippen molar-refractivity contribution in [1.29, 1.82) is 0 Å². The molecule has 0 bridgehead atoms. The van der Waals surface area contributed by atoms with Crippen LogP contribution in [0.15, 0.2) is 35.1 Å². The molecule has 1 aromatic rings. The van der Waals surface area contributed by atoms with Crippen molar-refractivity contribution in [3.8, 4) is 0 Å². The zero-order valence-electron chi connectivity index (χ0n) is 12.8. The number of hydrogen-bond donors (Lipinski definition) is 1. The third kappa shape index (κ3) is 4.71. The fraction of sp³-hybridized carbons (Fsp3) is 0.429. The smallest absolute Gasteiger partial charge is 0.211 e. The number of piperidine rings is 1. The lowest BCUT2D eigenvalue weighted by atomic mass is 10.0. The van der Waals surface area contributed by atoms with E-state index in [0.29, 0.717) is 18.0 Å². The summed E-state index contributed by atoms with van der Waals surface area (Å²) in [7, 11) is -7.28. The zero-order valence-corrected chi connectivity index (χ0v) is 15.9. The first-order valence-corrected chi connectivity index (χ1v) is 11.0. The van der Waals surface area contributed by atoms with E-state index in [-0.39, 0.29) is 28.9 Å². The van der Waals surface area contributed by atoms with Crippen molar-refractivity contribution < 1.29 is 16.8 Å².